The van der Waals surface area contributed by atoms with Crippen molar-refractivity contribution in [2.75, 3.05) is 19.7 Å². The van der Waals surface area contributed by atoms with Gasteiger partial charge in [0.15, 0.2) is 0 Å². The van der Waals surface area contributed by atoms with Crippen molar-refractivity contribution in [1.29, 1.82) is 0 Å². The van der Waals surface area contributed by atoms with Crippen molar-refractivity contribution in [1.82, 2.24) is 5.32 Å². The van der Waals surface area contributed by atoms with Gasteiger partial charge in [-0.3, -0.25) is 0 Å². The second-order valence-electron chi connectivity index (χ2n) is 4.13. The molecule has 0 spiro atoms. The maximum absolute atomic E-state index is 8.60. The smallest absolute Gasteiger partial charge is 0.0594 e. The second-order valence-corrected chi connectivity index (χ2v) is 4.13. The fourth-order valence-electron chi connectivity index (χ4n) is 0.697. The van der Waals surface area contributed by atoms with Crippen molar-refractivity contribution in [2.24, 2.45) is 11.1 Å². The average Bonchev–Trinajstić information content (AvgIpc) is 1.85. The summed E-state index contributed by atoms with van der Waals surface area (Å²) in [4.78, 5) is 0. The van der Waals surface area contributed by atoms with Gasteiger partial charge in [-0.15, -0.1) is 0 Å². The third-order valence-corrected chi connectivity index (χ3v) is 1.30. The Labute approximate surface area is 69.0 Å². The van der Waals surface area contributed by atoms with Crippen molar-refractivity contribution in [3.63, 3.8) is 0 Å². The molecule has 3 heteroatoms. The number of aliphatic hydroxyl groups excluding tert-OH is 1. The number of hydrogen-bond acceptors (Lipinski definition) is 3. The molecule has 68 valence electrons. The summed E-state index contributed by atoms with van der Waals surface area (Å²) in [6.07, 6.45) is 0. The van der Waals surface area contributed by atoms with Gasteiger partial charge >= 0.3 is 0 Å². The number of rotatable bonds is 4. The Bertz CT molecular complexity index is 98.8. The first kappa shape index (κ1) is 10.9. The van der Waals surface area contributed by atoms with E-state index in [1.807, 2.05) is 0 Å². The highest BCUT2D eigenvalue weighted by molar-refractivity contribution is 4.68. The monoisotopic (exact) mass is 160 g/mol. The summed E-state index contributed by atoms with van der Waals surface area (Å²) in [6, 6.07) is -0.127. The van der Waals surface area contributed by atoms with Crippen molar-refractivity contribution >= 4 is 0 Å². The van der Waals surface area contributed by atoms with E-state index in [1.165, 1.54) is 0 Å². The van der Waals surface area contributed by atoms with Crippen molar-refractivity contribution in [3.05, 3.63) is 0 Å². The van der Waals surface area contributed by atoms with Gasteiger partial charge < -0.3 is 16.2 Å². The summed E-state index contributed by atoms with van der Waals surface area (Å²) < 4.78 is 0. The molecule has 0 aliphatic heterocycles. The van der Waals surface area contributed by atoms with Crippen molar-refractivity contribution < 1.29 is 5.11 Å². The fourth-order valence-corrected chi connectivity index (χ4v) is 0.697. The first-order valence-corrected chi connectivity index (χ1v) is 4.03. The lowest BCUT2D eigenvalue weighted by Gasteiger charge is -2.20. The van der Waals surface area contributed by atoms with Crippen LogP contribution in [0.1, 0.15) is 20.8 Å². The molecule has 0 bridgehead atoms. The van der Waals surface area contributed by atoms with Crippen LogP contribution in [0, 0.1) is 5.41 Å². The molecule has 0 aromatic carbocycles. The molecular weight excluding hydrogens is 140 g/mol. The van der Waals surface area contributed by atoms with Crippen LogP contribution in [0.2, 0.25) is 0 Å². The lowest BCUT2D eigenvalue weighted by atomic mass is 9.97. The van der Waals surface area contributed by atoms with Crippen LogP contribution in [0.15, 0.2) is 0 Å². The predicted molar refractivity (Wildman–Crippen MR) is 47.4 cm³/mol. The Morgan fingerprint density at radius 3 is 2.36 bits per heavy atom. The Kier molecular flexibility index (Phi) is 4.65. The third-order valence-electron chi connectivity index (χ3n) is 1.30. The number of aliphatic hydroxyl groups is 1. The molecular formula is C8H20N2O. The zero-order chi connectivity index (χ0) is 8.91. The molecule has 0 saturated heterocycles. The highest BCUT2D eigenvalue weighted by Gasteiger charge is 2.09. The van der Waals surface area contributed by atoms with E-state index in [2.05, 4.69) is 26.1 Å². The molecule has 0 fully saturated rings. The standard InChI is InChI=1S/C8H20N2O/c1-8(2,3)6-10-4-7(9)5-11/h7,10-11H,4-6,9H2,1-3H3. The van der Waals surface area contributed by atoms with Crippen LogP contribution in [-0.2, 0) is 0 Å². The van der Waals surface area contributed by atoms with Gasteiger partial charge in [0, 0.05) is 19.1 Å². The van der Waals surface area contributed by atoms with E-state index >= 15 is 0 Å². The van der Waals surface area contributed by atoms with Crippen LogP contribution in [0.5, 0.6) is 0 Å². The summed E-state index contributed by atoms with van der Waals surface area (Å²) in [5, 5.41) is 11.8. The lowest BCUT2D eigenvalue weighted by Crippen LogP contribution is -2.39. The highest BCUT2D eigenvalue weighted by Crippen LogP contribution is 2.09. The SMILES string of the molecule is CC(C)(C)CNCC(N)CO. The summed E-state index contributed by atoms with van der Waals surface area (Å²) in [5.74, 6) is 0. The molecule has 11 heavy (non-hydrogen) atoms. The van der Waals surface area contributed by atoms with E-state index in [9.17, 15) is 0 Å². The molecule has 4 N–H and O–H groups in total. The largest absolute Gasteiger partial charge is 0.395 e. The highest BCUT2D eigenvalue weighted by atomic mass is 16.3. The van der Waals surface area contributed by atoms with Crippen LogP contribution in [0.25, 0.3) is 0 Å². The van der Waals surface area contributed by atoms with E-state index in [0.29, 0.717) is 6.54 Å². The normalized spacial score (nSPS) is 15.0. The first-order chi connectivity index (χ1) is 4.95. The number of nitrogens with two attached hydrogens (primary N) is 1. The first-order valence-electron chi connectivity index (χ1n) is 4.03. The van der Waals surface area contributed by atoms with E-state index in [-0.39, 0.29) is 18.1 Å². The van der Waals surface area contributed by atoms with Crippen LogP contribution >= 0.6 is 0 Å². The molecule has 0 aromatic rings. The van der Waals surface area contributed by atoms with Gasteiger partial charge in [0.05, 0.1) is 6.61 Å². The van der Waals surface area contributed by atoms with Crippen LogP contribution < -0.4 is 11.1 Å². The summed E-state index contributed by atoms with van der Waals surface area (Å²) >= 11 is 0. The Balaban J connectivity index is 3.28. The summed E-state index contributed by atoms with van der Waals surface area (Å²) in [6.45, 7) is 8.14. The van der Waals surface area contributed by atoms with Crippen LogP contribution in [0.3, 0.4) is 0 Å². The van der Waals surface area contributed by atoms with Gasteiger partial charge in [-0.1, -0.05) is 20.8 Å². The van der Waals surface area contributed by atoms with Crippen molar-refractivity contribution in [2.45, 2.75) is 26.8 Å². The Hall–Kier alpha value is -0.120. The van der Waals surface area contributed by atoms with Gasteiger partial charge in [-0.2, -0.15) is 0 Å². The molecule has 1 atom stereocenters. The Morgan fingerprint density at radius 2 is 2.00 bits per heavy atom. The minimum absolute atomic E-state index is 0.0527. The predicted octanol–water partition coefficient (Wildman–Crippen LogP) is -0.0583. The topological polar surface area (TPSA) is 58.3 Å². The molecule has 1 unspecified atom stereocenters. The van der Waals surface area contributed by atoms with Gasteiger partial charge in [0.25, 0.3) is 0 Å². The van der Waals surface area contributed by atoms with Gasteiger partial charge in [-0.05, 0) is 5.41 Å². The minimum Gasteiger partial charge on any atom is -0.395 e. The number of nitrogens with one attached hydrogen (secondary N) is 1. The Morgan fingerprint density at radius 1 is 1.45 bits per heavy atom. The number of hydrogen-bond donors (Lipinski definition) is 3. The molecule has 0 heterocycles. The summed E-state index contributed by atoms with van der Waals surface area (Å²) in [7, 11) is 0. The van der Waals surface area contributed by atoms with Gasteiger partial charge in [-0.25, -0.2) is 0 Å². The van der Waals surface area contributed by atoms with Crippen molar-refractivity contribution in [3.8, 4) is 0 Å². The molecule has 3 nitrogen and oxygen atoms in total. The quantitative estimate of drug-likeness (QED) is 0.540. The maximum atomic E-state index is 8.60. The average molecular weight is 160 g/mol. The molecule has 0 radical (unpaired) electrons. The van der Waals surface area contributed by atoms with Gasteiger partial charge in [0.1, 0.15) is 0 Å². The molecule has 0 amide bonds. The molecule has 0 aromatic heterocycles. The van der Waals surface area contributed by atoms with E-state index < -0.39 is 0 Å². The fraction of sp³-hybridized carbons (Fsp3) is 1.00. The van der Waals surface area contributed by atoms with Gasteiger partial charge in [0.2, 0.25) is 0 Å². The van der Waals surface area contributed by atoms with E-state index in [1.54, 1.807) is 0 Å². The zero-order valence-electron chi connectivity index (χ0n) is 7.72. The van der Waals surface area contributed by atoms with E-state index in [0.717, 1.165) is 6.54 Å². The molecule has 0 aliphatic rings. The van der Waals surface area contributed by atoms with Crippen LogP contribution in [-0.4, -0.2) is 30.8 Å². The second kappa shape index (κ2) is 4.70. The minimum atomic E-state index is -0.127. The zero-order valence-corrected chi connectivity index (χ0v) is 7.72. The van der Waals surface area contributed by atoms with Crippen LogP contribution in [0.4, 0.5) is 0 Å². The van der Waals surface area contributed by atoms with E-state index in [4.69, 9.17) is 10.8 Å². The molecule has 0 rings (SSSR count). The lowest BCUT2D eigenvalue weighted by molar-refractivity contribution is 0.257. The maximum Gasteiger partial charge on any atom is 0.0594 e. The molecule has 0 saturated carbocycles. The molecule has 0 aliphatic carbocycles. The third kappa shape index (κ3) is 7.78. The summed E-state index contributed by atoms with van der Waals surface area (Å²) in [5.41, 5.74) is 5.78.